The summed E-state index contributed by atoms with van der Waals surface area (Å²) in [5.41, 5.74) is 9.13. The number of aromatic nitrogens is 3. The van der Waals surface area contributed by atoms with Crippen molar-refractivity contribution in [1.82, 2.24) is 14.5 Å². The molecule has 3 rings (SSSR count). The van der Waals surface area contributed by atoms with Gasteiger partial charge >= 0.3 is 0 Å². The molecular weight excluding hydrogens is 390 g/mol. The highest BCUT2D eigenvalue weighted by atomic mass is 35.5. The lowest BCUT2D eigenvalue weighted by Crippen LogP contribution is -2.07. The minimum atomic E-state index is -0.271. The fourth-order valence-corrected chi connectivity index (χ4v) is 3.04. The molecule has 0 spiro atoms. The predicted octanol–water partition coefficient (Wildman–Crippen LogP) is 3.33. The van der Waals surface area contributed by atoms with E-state index in [1.54, 1.807) is 13.3 Å². The summed E-state index contributed by atoms with van der Waals surface area (Å²) >= 11 is 6.40. The molecule has 2 heterocycles. The normalized spacial score (nSPS) is 11.8. The first-order valence-corrected chi connectivity index (χ1v) is 9.01. The van der Waals surface area contributed by atoms with E-state index >= 15 is 0 Å². The van der Waals surface area contributed by atoms with Crippen molar-refractivity contribution in [1.29, 1.82) is 0 Å². The van der Waals surface area contributed by atoms with E-state index in [0.29, 0.717) is 28.0 Å². The second kappa shape index (κ2) is 8.57. The van der Waals surface area contributed by atoms with Crippen LogP contribution in [-0.2, 0) is 11.8 Å². The van der Waals surface area contributed by atoms with Crippen LogP contribution in [0.5, 0.6) is 0 Å². The van der Waals surface area contributed by atoms with Crippen molar-refractivity contribution in [3.8, 4) is 11.3 Å². The van der Waals surface area contributed by atoms with Gasteiger partial charge in [0.1, 0.15) is 0 Å². The van der Waals surface area contributed by atoms with Crippen molar-refractivity contribution in [2.75, 3.05) is 17.7 Å². The van der Waals surface area contributed by atoms with E-state index in [2.05, 4.69) is 32.2 Å². The van der Waals surface area contributed by atoms with Crippen LogP contribution in [0.25, 0.3) is 22.2 Å². The number of carbonyl (C=O) groups excluding carboxylic acids is 1. The Balaban J connectivity index is 2.05. The third-order valence-electron chi connectivity index (χ3n) is 4.15. The number of aryl methyl sites for hydroxylation is 1. The van der Waals surface area contributed by atoms with Gasteiger partial charge in [-0.1, -0.05) is 24.2 Å². The van der Waals surface area contributed by atoms with E-state index in [-0.39, 0.29) is 5.91 Å². The van der Waals surface area contributed by atoms with Gasteiger partial charge in [-0.2, -0.15) is 0 Å². The Bertz CT molecular complexity index is 1150. The summed E-state index contributed by atoms with van der Waals surface area (Å²) in [6.07, 6.45) is 7.62. The first-order valence-electron chi connectivity index (χ1n) is 8.63. The molecule has 0 atom stereocenters. The van der Waals surface area contributed by atoms with Gasteiger partial charge < -0.3 is 20.9 Å². The van der Waals surface area contributed by atoms with Gasteiger partial charge in [0.25, 0.3) is 0 Å². The Kier molecular flexibility index (Phi) is 5.94. The summed E-state index contributed by atoms with van der Waals surface area (Å²) in [6.45, 7) is 3.46. The van der Waals surface area contributed by atoms with Crippen LogP contribution in [0.1, 0.15) is 0 Å². The van der Waals surface area contributed by atoms with Crippen LogP contribution in [0.4, 0.5) is 11.6 Å². The van der Waals surface area contributed by atoms with Gasteiger partial charge in [0.05, 0.1) is 28.1 Å². The summed E-state index contributed by atoms with van der Waals surface area (Å²) in [4.78, 5) is 24.2. The SMILES string of the molecule is C=CC(=O)Nc1ccc2c(-c3nc(N/C(C=NC)=C/N)ncc3Cl)cn(C)c2c1. The van der Waals surface area contributed by atoms with Gasteiger partial charge in [-0.05, 0) is 18.2 Å². The second-order valence-corrected chi connectivity index (χ2v) is 6.51. The van der Waals surface area contributed by atoms with Crippen molar-refractivity contribution < 1.29 is 4.79 Å². The lowest BCUT2D eigenvalue weighted by Gasteiger charge is -2.08. The molecule has 3 aromatic rings. The molecule has 29 heavy (non-hydrogen) atoms. The number of allylic oxidation sites excluding steroid dienone is 1. The summed E-state index contributed by atoms with van der Waals surface area (Å²) < 4.78 is 1.94. The van der Waals surface area contributed by atoms with Crippen LogP contribution in [0.15, 0.2) is 60.1 Å². The number of nitrogens with two attached hydrogens (primary N) is 1. The Labute approximate surface area is 172 Å². The molecule has 1 amide bonds. The fraction of sp³-hybridized carbons (Fsp3) is 0.100. The van der Waals surface area contributed by atoms with Crippen LogP contribution in [-0.4, -0.2) is 33.7 Å². The largest absolute Gasteiger partial charge is 0.403 e. The summed E-state index contributed by atoms with van der Waals surface area (Å²) in [7, 11) is 3.55. The van der Waals surface area contributed by atoms with Crippen molar-refractivity contribution in [3.05, 3.63) is 60.2 Å². The van der Waals surface area contributed by atoms with Gasteiger partial charge in [-0.3, -0.25) is 9.79 Å². The third kappa shape index (κ3) is 4.27. The molecule has 0 saturated heterocycles. The number of hydrogen-bond donors (Lipinski definition) is 3. The van der Waals surface area contributed by atoms with Crippen molar-refractivity contribution >= 4 is 46.3 Å². The van der Waals surface area contributed by atoms with E-state index < -0.39 is 0 Å². The van der Waals surface area contributed by atoms with E-state index in [1.165, 1.54) is 18.5 Å². The molecular formula is C20H20ClN7O. The number of amides is 1. The lowest BCUT2D eigenvalue weighted by atomic mass is 10.1. The summed E-state index contributed by atoms with van der Waals surface area (Å²) in [5, 5.41) is 7.10. The number of fused-ring (bicyclic) bond motifs is 1. The van der Waals surface area contributed by atoms with Gasteiger partial charge in [-0.15, -0.1) is 0 Å². The average Bonchev–Trinajstić information content (AvgIpc) is 3.04. The molecule has 9 heteroatoms. The number of carbonyl (C=O) groups is 1. The van der Waals surface area contributed by atoms with Gasteiger partial charge in [-0.25, -0.2) is 9.97 Å². The molecule has 0 aliphatic rings. The number of benzene rings is 1. The fourth-order valence-electron chi connectivity index (χ4n) is 2.85. The first kappa shape index (κ1) is 20.1. The highest BCUT2D eigenvalue weighted by Gasteiger charge is 2.15. The molecule has 8 nitrogen and oxygen atoms in total. The van der Waals surface area contributed by atoms with E-state index in [9.17, 15) is 4.79 Å². The molecule has 2 aromatic heterocycles. The molecule has 0 aliphatic heterocycles. The predicted molar refractivity (Wildman–Crippen MR) is 118 cm³/mol. The molecule has 0 aliphatic carbocycles. The van der Waals surface area contributed by atoms with Gasteiger partial charge in [0, 0.05) is 49.3 Å². The van der Waals surface area contributed by atoms with Crippen LogP contribution in [0.2, 0.25) is 5.02 Å². The highest BCUT2D eigenvalue weighted by molar-refractivity contribution is 6.33. The maximum atomic E-state index is 11.6. The minimum absolute atomic E-state index is 0.271. The number of halogens is 1. The number of nitrogens with one attached hydrogen (secondary N) is 2. The number of anilines is 2. The maximum absolute atomic E-state index is 11.6. The van der Waals surface area contributed by atoms with E-state index in [1.807, 2.05) is 36.0 Å². The van der Waals surface area contributed by atoms with E-state index in [4.69, 9.17) is 17.3 Å². The highest BCUT2D eigenvalue weighted by Crippen LogP contribution is 2.34. The van der Waals surface area contributed by atoms with Crippen molar-refractivity contribution in [2.24, 2.45) is 17.8 Å². The third-order valence-corrected chi connectivity index (χ3v) is 4.42. The number of nitrogens with zero attached hydrogens (tertiary/aromatic N) is 4. The molecule has 0 fully saturated rings. The Morgan fingerprint density at radius 1 is 1.38 bits per heavy atom. The van der Waals surface area contributed by atoms with Crippen LogP contribution in [0.3, 0.4) is 0 Å². The Morgan fingerprint density at radius 3 is 2.86 bits per heavy atom. The second-order valence-electron chi connectivity index (χ2n) is 6.10. The Morgan fingerprint density at radius 2 is 2.17 bits per heavy atom. The zero-order valence-corrected chi connectivity index (χ0v) is 16.7. The summed E-state index contributed by atoms with van der Waals surface area (Å²) in [6, 6.07) is 5.60. The molecule has 4 N–H and O–H groups in total. The molecule has 1 aromatic carbocycles. The van der Waals surface area contributed by atoms with Crippen molar-refractivity contribution in [3.63, 3.8) is 0 Å². The molecule has 0 unspecified atom stereocenters. The maximum Gasteiger partial charge on any atom is 0.247 e. The molecule has 0 bridgehead atoms. The quantitative estimate of drug-likeness (QED) is 0.427. The lowest BCUT2D eigenvalue weighted by molar-refractivity contribution is -0.111. The van der Waals surface area contributed by atoms with Gasteiger partial charge in [0.15, 0.2) is 0 Å². The smallest absolute Gasteiger partial charge is 0.247 e. The number of aliphatic imine (C=N–C) groups is 1. The van der Waals surface area contributed by atoms with Crippen LogP contribution in [0, 0.1) is 0 Å². The number of hydrogen-bond acceptors (Lipinski definition) is 6. The standard InChI is InChI=1S/C20H20ClN7O/c1-4-18(29)25-12-5-6-14-15(11-28(3)17(14)7-12)19-16(21)10-24-20(27-19)26-13(8-22)9-23-2/h4-11H,1,22H2,2-3H3,(H,25,29)(H,24,26,27)/b13-8+,23-9?. The monoisotopic (exact) mass is 409 g/mol. The minimum Gasteiger partial charge on any atom is -0.403 e. The summed E-state index contributed by atoms with van der Waals surface area (Å²) in [5.74, 6) is 0.0700. The molecule has 148 valence electrons. The zero-order chi connectivity index (χ0) is 21.0. The molecule has 0 saturated carbocycles. The first-order chi connectivity index (χ1) is 14.0. The molecule has 0 radical (unpaired) electrons. The topological polar surface area (TPSA) is 110 Å². The van der Waals surface area contributed by atoms with Crippen LogP contribution < -0.4 is 16.4 Å². The number of rotatable bonds is 6. The average molecular weight is 410 g/mol. The van der Waals surface area contributed by atoms with Crippen LogP contribution >= 0.6 is 11.6 Å². The Hall–Kier alpha value is -3.65. The van der Waals surface area contributed by atoms with Gasteiger partial charge in [0.2, 0.25) is 11.9 Å². The zero-order valence-electron chi connectivity index (χ0n) is 16.0. The van der Waals surface area contributed by atoms with Crippen molar-refractivity contribution in [2.45, 2.75) is 0 Å². The van der Waals surface area contributed by atoms with E-state index in [0.717, 1.165) is 16.5 Å².